The second-order valence-corrected chi connectivity index (χ2v) is 5.12. The van der Waals surface area contributed by atoms with Gasteiger partial charge in [-0.1, -0.05) is 13.8 Å². The highest BCUT2D eigenvalue weighted by Gasteiger charge is 2.31. The van der Waals surface area contributed by atoms with Crippen molar-refractivity contribution < 1.29 is 0 Å². The summed E-state index contributed by atoms with van der Waals surface area (Å²) in [7, 11) is 6.46. The van der Waals surface area contributed by atoms with Crippen LogP contribution in [-0.2, 0) is 0 Å². The summed E-state index contributed by atoms with van der Waals surface area (Å²) in [6.07, 6.45) is 1.22. The summed E-state index contributed by atoms with van der Waals surface area (Å²) in [5.41, 5.74) is 0. The van der Waals surface area contributed by atoms with E-state index in [2.05, 4.69) is 50.1 Å². The van der Waals surface area contributed by atoms with Gasteiger partial charge < -0.3 is 10.2 Å². The van der Waals surface area contributed by atoms with E-state index in [1.807, 2.05) is 0 Å². The number of likely N-dealkylation sites (tertiary alicyclic amines) is 1. The van der Waals surface area contributed by atoms with Gasteiger partial charge in [0, 0.05) is 31.7 Å². The monoisotopic (exact) mass is 213 g/mol. The third-order valence-corrected chi connectivity index (χ3v) is 3.69. The molecule has 0 amide bonds. The van der Waals surface area contributed by atoms with Crippen molar-refractivity contribution in [2.75, 3.05) is 40.8 Å². The van der Waals surface area contributed by atoms with Gasteiger partial charge in [0.1, 0.15) is 0 Å². The highest BCUT2D eigenvalue weighted by atomic mass is 15.2. The summed E-state index contributed by atoms with van der Waals surface area (Å²) in [6.45, 7) is 8.30. The summed E-state index contributed by atoms with van der Waals surface area (Å²) >= 11 is 0. The molecule has 1 fully saturated rings. The number of nitrogens with zero attached hydrogens (tertiary/aromatic N) is 2. The fourth-order valence-corrected chi connectivity index (χ4v) is 2.61. The van der Waals surface area contributed by atoms with Crippen molar-refractivity contribution >= 4 is 0 Å². The Balaban J connectivity index is 2.40. The zero-order valence-electron chi connectivity index (χ0n) is 11.0. The summed E-state index contributed by atoms with van der Waals surface area (Å²) < 4.78 is 0. The SMILES string of the molecule is CCC(CN1CC(C)C(N(C)C)C1)NC. The van der Waals surface area contributed by atoms with E-state index in [0.29, 0.717) is 6.04 Å². The first-order chi connectivity index (χ1) is 7.08. The van der Waals surface area contributed by atoms with Crippen LogP contribution in [0.25, 0.3) is 0 Å². The van der Waals surface area contributed by atoms with E-state index in [4.69, 9.17) is 0 Å². The van der Waals surface area contributed by atoms with Crippen molar-refractivity contribution in [2.45, 2.75) is 32.4 Å². The predicted molar refractivity (Wildman–Crippen MR) is 66.2 cm³/mol. The van der Waals surface area contributed by atoms with Crippen LogP contribution in [0.2, 0.25) is 0 Å². The molecule has 0 aromatic carbocycles. The molecule has 1 heterocycles. The molecule has 15 heavy (non-hydrogen) atoms. The molecular weight excluding hydrogens is 186 g/mol. The number of hydrogen-bond acceptors (Lipinski definition) is 3. The topological polar surface area (TPSA) is 18.5 Å². The molecule has 1 rings (SSSR count). The lowest BCUT2D eigenvalue weighted by Gasteiger charge is -2.24. The van der Waals surface area contributed by atoms with Crippen LogP contribution in [0.1, 0.15) is 20.3 Å². The third-order valence-electron chi connectivity index (χ3n) is 3.69. The van der Waals surface area contributed by atoms with Gasteiger partial charge in [0.15, 0.2) is 0 Å². The maximum Gasteiger partial charge on any atom is 0.0254 e. The van der Waals surface area contributed by atoms with Crippen LogP contribution in [0.4, 0.5) is 0 Å². The molecule has 0 saturated carbocycles. The van der Waals surface area contributed by atoms with Crippen molar-refractivity contribution in [1.29, 1.82) is 0 Å². The summed E-state index contributed by atoms with van der Waals surface area (Å²) in [5, 5.41) is 3.38. The Morgan fingerprint density at radius 1 is 1.40 bits per heavy atom. The van der Waals surface area contributed by atoms with E-state index >= 15 is 0 Å². The van der Waals surface area contributed by atoms with Gasteiger partial charge in [0.2, 0.25) is 0 Å². The van der Waals surface area contributed by atoms with E-state index in [1.54, 1.807) is 0 Å². The molecule has 3 heteroatoms. The molecule has 0 spiro atoms. The average molecular weight is 213 g/mol. The van der Waals surface area contributed by atoms with Crippen LogP contribution in [0.15, 0.2) is 0 Å². The van der Waals surface area contributed by atoms with Gasteiger partial charge in [0.05, 0.1) is 0 Å². The van der Waals surface area contributed by atoms with Crippen LogP contribution in [0, 0.1) is 5.92 Å². The molecule has 0 bridgehead atoms. The Hall–Kier alpha value is -0.120. The lowest BCUT2D eigenvalue weighted by Crippen LogP contribution is -2.39. The minimum atomic E-state index is 0.651. The smallest absolute Gasteiger partial charge is 0.0254 e. The molecule has 1 aliphatic rings. The van der Waals surface area contributed by atoms with Crippen LogP contribution in [-0.4, -0.2) is 62.7 Å². The molecule has 0 radical (unpaired) electrons. The molecule has 0 aliphatic carbocycles. The predicted octanol–water partition coefficient (Wildman–Crippen LogP) is 0.866. The molecule has 90 valence electrons. The molecule has 3 nitrogen and oxygen atoms in total. The van der Waals surface area contributed by atoms with Crippen molar-refractivity contribution in [3.8, 4) is 0 Å². The second-order valence-electron chi connectivity index (χ2n) is 5.12. The van der Waals surface area contributed by atoms with Crippen LogP contribution in [0.5, 0.6) is 0 Å². The minimum Gasteiger partial charge on any atom is -0.316 e. The Kier molecular flexibility index (Phi) is 5.03. The first kappa shape index (κ1) is 12.9. The maximum atomic E-state index is 3.38. The van der Waals surface area contributed by atoms with Crippen LogP contribution < -0.4 is 5.32 Å². The summed E-state index contributed by atoms with van der Waals surface area (Å²) in [4.78, 5) is 4.96. The lowest BCUT2D eigenvalue weighted by molar-refractivity contribution is 0.243. The molecule has 1 saturated heterocycles. The Morgan fingerprint density at radius 2 is 2.07 bits per heavy atom. The molecular formula is C12H27N3. The first-order valence-corrected chi connectivity index (χ1v) is 6.14. The normalized spacial score (nSPS) is 30.0. The Bertz CT molecular complexity index is 176. The summed E-state index contributed by atoms with van der Waals surface area (Å²) in [6, 6.07) is 1.39. The van der Waals surface area contributed by atoms with E-state index in [0.717, 1.165) is 12.0 Å². The molecule has 3 unspecified atom stereocenters. The highest BCUT2D eigenvalue weighted by Crippen LogP contribution is 2.20. The fourth-order valence-electron chi connectivity index (χ4n) is 2.61. The third kappa shape index (κ3) is 3.44. The largest absolute Gasteiger partial charge is 0.316 e. The zero-order chi connectivity index (χ0) is 11.4. The van der Waals surface area contributed by atoms with Crippen LogP contribution in [0.3, 0.4) is 0 Å². The van der Waals surface area contributed by atoms with Crippen LogP contribution >= 0.6 is 0 Å². The van der Waals surface area contributed by atoms with Gasteiger partial charge >= 0.3 is 0 Å². The molecule has 1 aliphatic heterocycles. The van der Waals surface area contributed by atoms with E-state index in [-0.39, 0.29) is 0 Å². The van der Waals surface area contributed by atoms with Gasteiger partial charge in [-0.15, -0.1) is 0 Å². The quantitative estimate of drug-likeness (QED) is 0.731. The van der Waals surface area contributed by atoms with Crippen molar-refractivity contribution in [2.24, 2.45) is 5.92 Å². The number of rotatable bonds is 5. The van der Waals surface area contributed by atoms with Gasteiger partial charge in [-0.2, -0.15) is 0 Å². The van der Waals surface area contributed by atoms with Gasteiger partial charge in [0.25, 0.3) is 0 Å². The maximum absolute atomic E-state index is 3.38. The molecule has 0 aromatic heterocycles. The highest BCUT2D eigenvalue weighted by molar-refractivity contribution is 4.87. The van der Waals surface area contributed by atoms with Gasteiger partial charge in [-0.3, -0.25) is 4.90 Å². The lowest BCUT2D eigenvalue weighted by atomic mass is 10.1. The fraction of sp³-hybridized carbons (Fsp3) is 1.00. The van der Waals surface area contributed by atoms with E-state index in [1.165, 1.54) is 26.1 Å². The number of likely N-dealkylation sites (N-methyl/N-ethyl adjacent to an activating group) is 2. The standard InChI is InChI=1S/C12H27N3/c1-6-11(13-3)8-15-7-10(2)12(9-15)14(4)5/h10-13H,6-9H2,1-5H3. The van der Waals surface area contributed by atoms with Crippen molar-refractivity contribution in [3.05, 3.63) is 0 Å². The van der Waals surface area contributed by atoms with Crippen molar-refractivity contribution in [1.82, 2.24) is 15.1 Å². The van der Waals surface area contributed by atoms with Gasteiger partial charge in [-0.25, -0.2) is 0 Å². The van der Waals surface area contributed by atoms with E-state index < -0.39 is 0 Å². The number of hydrogen-bond donors (Lipinski definition) is 1. The molecule has 0 aromatic rings. The second kappa shape index (κ2) is 5.83. The average Bonchev–Trinajstić information content (AvgIpc) is 2.56. The molecule has 1 N–H and O–H groups in total. The zero-order valence-corrected chi connectivity index (χ0v) is 11.0. The van der Waals surface area contributed by atoms with E-state index in [9.17, 15) is 0 Å². The minimum absolute atomic E-state index is 0.651. The molecule has 3 atom stereocenters. The Labute approximate surface area is 94.8 Å². The Morgan fingerprint density at radius 3 is 2.47 bits per heavy atom. The number of nitrogens with one attached hydrogen (secondary N) is 1. The van der Waals surface area contributed by atoms with Gasteiger partial charge in [-0.05, 0) is 33.5 Å². The first-order valence-electron chi connectivity index (χ1n) is 6.14. The summed E-state index contributed by atoms with van der Waals surface area (Å²) in [5.74, 6) is 0.800. The van der Waals surface area contributed by atoms with Crippen molar-refractivity contribution in [3.63, 3.8) is 0 Å².